The average molecular weight is 345 g/mol. The summed E-state index contributed by atoms with van der Waals surface area (Å²) in [7, 11) is 1.85. The molecule has 1 heterocycles. The van der Waals surface area contributed by atoms with Crippen molar-refractivity contribution in [3.63, 3.8) is 0 Å². The number of benzene rings is 1. The van der Waals surface area contributed by atoms with Crippen LogP contribution in [0, 0.1) is 5.92 Å². The zero-order valence-corrected chi connectivity index (χ0v) is 16.5. The average Bonchev–Trinajstić information content (AvgIpc) is 3.09. The SMILES string of the molecule is CCN1CCC(CNC(=NC)NCCCc2ccc(C(C)C)cc2)C1. The van der Waals surface area contributed by atoms with Crippen molar-refractivity contribution in [1.82, 2.24) is 15.5 Å². The Balaban J connectivity index is 1.62. The van der Waals surface area contributed by atoms with Crippen molar-refractivity contribution in [2.45, 2.75) is 46.0 Å². The van der Waals surface area contributed by atoms with Gasteiger partial charge >= 0.3 is 0 Å². The molecule has 0 aromatic heterocycles. The summed E-state index contributed by atoms with van der Waals surface area (Å²) in [5, 5.41) is 6.93. The Morgan fingerprint density at radius 1 is 1.24 bits per heavy atom. The maximum atomic E-state index is 4.34. The summed E-state index contributed by atoms with van der Waals surface area (Å²) < 4.78 is 0. The lowest BCUT2D eigenvalue weighted by Crippen LogP contribution is -2.40. The minimum Gasteiger partial charge on any atom is -0.356 e. The Labute approximate surface area is 154 Å². The van der Waals surface area contributed by atoms with Crippen LogP contribution in [-0.4, -0.2) is 50.6 Å². The highest BCUT2D eigenvalue weighted by atomic mass is 15.2. The first-order chi connectivity index (χ1) is 12.1. The van der Waals surface area contributed by atoms with E-state index in [-0.39, 0.29) is 0 Å². The van der Waals surface area contributed by atoms with Gasteiger partial charge in [0.15, 0.2) is 5.96 Å². The van der Waals surface area contributed by atoms with Gasteiger partial charge in [-0.1, -0.05) is 45.0 Å². The molecule has 0 radical (unpaired) electrons. The van der Waals surface area contributed by atoms with Crippen molar-refractivity contribution in [2.24, 2.45) is 10.9 Å². The van der Waals surface area contributed by atoms with Crippen molar-refractivity contribution >= 4 is 5.96 Å². The molecule has 0 bridgehead atoms. The van der Waals surface area contributed by atoms with Gasteiger partial charge in [-0.3, -0.25) is 4.99 Å². The van der Waals surface area contributed by atoms with E-state index in [2.05, 4.69) is 65.6 Å². The predicted molar refractivity (Wildman–Crippen MR) is 108 cm³/mol. The van der Waals surface area contributed by atoms with Crippen LogP contribution >= 0.6 is 0 Å². The van der Waals surface area contributed by atoms with Crippen LogP contribution in [-0.2, 0) is 6.42 Å². The van der Waals surface area contributed by atoms with Crippen molar-refractivity contribution in [1.29, 1.82) is 0 Å². The van der Waals surface area contributed by atoms with E-state index in [1.54, 1.807) is 0 Å². The third-order valence-corrected chi connectivity index (χ3v) is 5.18. The highest BCUT2D eigenvalue weighted by molar-refractivity contribution is 5.79. The highest BCUT2D eigenvalue weighted by Crippen LogP contribution is 2.15. The number of likely N-dealkylation sites (tertiary alicyclic amines) is 1. The van der Waals surface area contributed by atoms with E-state index in [0.29, 0.717) is 5.92 Å². The number of aliphatic imine (C=N–C) groups is 1. The molecule has 140 valence electrons. The van der Waals surface area contributed by atoms with E-state index in [1.807, 2.05) is 7.05 Å². The van der Waals surface area contributed by atoms with Crippen LogP contribution in [0.2, 0.25) is 0 Å². The molecule has 2 N–H and O–H groups in total. The number of hydrogen-bond donors (Lipinski definition) is 2. The first-order valence-electron chi connectivity index (χ1n) is 9.88. The minimum absolute atomic E-state index is 0.606. The van der Waals surface area contributed by atoms with Gasteiger partial charge in [0, 0.05) is 26.7 Å². The lowest BCUT2D eigenvalue weighted by molar-refractivity contribution is 0.342. The number of hydrogen-bond acceptors (Lipinski definition) is 2. The van der Waals surface area contributed by atoms with E-state index >= 15 is 0 Å². The molecule has 1 aromatic rings. The van der Waals surface area contributed by atoms with Crippen LogP contribution in [0.4, 0.5) is 0 Å². The highest BCUT2D eigenvalue weighted by Gasteiger charge is 2.20. The second-order valence-electron chi connectivity index (χ2n) is 7.43. The van der Waals surface area contributed by atoms with E-state index in [0.717, 1.165) is 37.8 Å². The summed E-state index contributed by atoms with van der Waals surface area (Å²) in [4.78, 5) is 6.87. The molecule has 4 heteroatoms. The summed E-state index contributed by atoms with van der Waals surface area (Å²) in [5.41, 5.74) is 2.83. The summed E-state index contributed by atoms with van der Waals surface area (Å²) >= 11 is 0. The fourth-order valence-electron chi connectivity index (χ4n) is 3.40. The molecular weight excluding hydrogens is 308 g/mol. The third-order valence-electron chi connectivity index (χ3n) is 5.18. The molecule has 0 aliphatic carbocycles. The van der Waals surface area contributed by atoms with Crippen molar-refractivity contribution in [3.8, 4) is 0 Å². The molecular formula is C21H36N4. The minimum atomic E-state index is 0.606. The first-order valence-corrected chi connectivity index (χ1v) is 9.88. The zero-order chi connectivity index (χ0) is 18.1. The lowest BCUT2D eigenvalue weighted by atomic mass is 10.0. The molecule has 1 aliphatic heterocycles. The molecule has 2 rings (SSSR count). The standard InChI is InChI=1S/C21H36N4/c1-5-25-14-12-19(16-25)15-24-21(22-4)23-13-6-7-18-8-10-20(11-9-18)17(2)3/h8-11,17,19H,5-7,12-16H2,1-4H3,(H2,22,23,24). The van der Waals surface area contributed by atoms with Gasteiger partial charge in [0.1, 0.15) is 0 Å². The maximum absolute atomic E-state index is 4.34. The van der Waals surface area contributed by atoms with Gasteiger partial charge in [0.05, 0.1) is 0 Å². The van der Waals surface area contributed by atoms with Gasteiger partial charge in [-0.15, -0.1) is 0 Å². The van der Waals surface area contributed by atoms with Crippen LogP contribution in [0.5, 0.6) is 0 Å². The normalized spacial score (nSPS) is 18.8. The van der Waals surface area contributed by atoms with Gasteiger partial charge in [0.2, 0.25) is 0 Å². The number of rotatable bonds is 8. The quantitative estimate of drug-likeness (QED) is 0.432. The molecule has 1 saturated heterocycles. The van der Waals surface area contributed by atoms with Crippen molar-refractivity contribution in [3.05, 3.63) is 35.4 Å². The van der Waals surface area contributed by atoms with Crippen LogP contribution < -0.4 is 10.6 Å². The molecule has 25 heavy (non-hydrogen) atoms. The Hall–Kier alpha value is -1.55. The molecule has 1 fully saturated rings. The first kappa shape index (κ1) is 19.8. The summed E-state index contributed by atoms with van der Waals surface area (Å²) in [6.07, 6.45) is 3.52. The molecule has 1 unspecified atom stereocenters. The largest absolute Gasteiger partial charge is 0.356 e. The van der Waals surface area contributed by atoms with Gasteiger partial charge < -0.3 is 15.5 Å². The monoisotopic (exact) mass is 344 g/mol. The van der Waals surface area contributed by atoms with E-state index in [4.69, 9.17) is 0 Å². The second kappa shape index (κ2) is 10.4. The summed E-state index contributed by atoms with van der Waals surface area (Å²) in [6.45, 7) is 12.3. The number of guanidine groups is 1. The molecule has 1 atom stereocenters. The van der Waals surface area contributed by atoms with E-state index < -0.39 is 0 Å². The third kappa shape index (κ3) is 6.69. The van der Waals surface area contributed by atoms with Crippen LogP contribution in [0.25, 0.3) is 0 Å². The van der Waals surface area contributed by atoms with E-state index in [9.17, 15) is 0 Å². The topological polar surface area (TPSA) is 39.7 Å². The molecule has 4 nitrogen and oxygen atoms in total. The van der Waals surface area contributed by atoms with Gasteiger partial charge in [0.25, 0.3) is 0 Å². The van der Waals surface area contributed by atoms with Gasteiger partial charge in [-0.25, -0.2) is 0 Å². The molecule has 1 aromatic carbocycles. The maximum Gasteiger partial charge on any atom is 0.190 e. The Kier molecular flexibility index (Phi) is 8.26. The Morgan fingerprint density at radius 2 is 2.00 bits per heavy atom. The summed E-state index contributed by atoms with van der Waals surface area (Å²) in [5.74, 6) is 2.29. The molecule has 0 spiro atoms. The van der Waals surface area contributed by atoms with E-state index in [1.165, 1.54) is 37.2 Å². The smallest absolute Gasteiger partial charge is 0.190 e. The Morgan fingerprint density at radius 3 is 2.60 bits per heavy atom. The fraction of sp³-hybridized carbons (Fsp3) is 0.667. The van der Waals surface area contributed by atoms with Gasteiger partial charge in [-0.2, -0.15) is 0 Å². The fourth-order valence-corrected chi connectivity index (χ4v) is 3.40. The van der Waals surface area contributed by atoms with Crippen molar-refractivity contribution in [2.75, 3.05) is 39.8 Å². The summed E-state index contributed by atoms with van der Waals surface area (Å²) in [6, 6.07) is 9.05. The van der Waals surface area contributed by atoms with Crippen LogP contribution in [0.3, 0.4) is 0 Å². The zero-order valence-electron chi connectivity index (χ0n) is 16.5. The molecule has 1 aliphatic rings. The number of nitrogens with one attached hydrogen (secondary N) is 2. The lowest BCUT2D eigenvalue weighted by Gasteiger charge is -2.16. The predicted octanol–water partition coefficient (Wildman–Crippen LogP) is 3.25. The van der Waals surface area contributed by atoms with Crippen LogP contribution in [0.15, 0.2) is 29.3 Å². The number of aryl methyl sites for hydroxylation is 1. The Bertz CT molecular complexity index is 521. The molecule has 0 saturated carbocycles. The second-order valence-corrected chi connectivity index (χ2v) is 7.43. The van der Waals surface area contributed by atoms with Crippen LogP contribution in [0.1, 0.15) is 50.7 Å². The number of nitrogens with zero attached hydrogens (tertiary/aromatic N) is 2. The van der Waals surface area contributed by atoms with Crippen molar-refractivity contribution < 1.29 is 0 Å². The molecule has 0 amide bonds. The van der Waals surface area contributed by atoms with Gasteiger partial charge in [-0.05, 0) is 55.3 Å².